The van der Waals surface area contributed by atoms with Crippen molar-refractivity contribution in [2.75, 3.05) is 30.4 Å². The largest absolute Gasteiger partial charge is 0.388 e. The molecule has 2 aromatic heterocycles. The molecule has 128 valence electrons. The molecular formula is C19H20FN5. The van der Waals surface area contributed by atoms with E-state index in [2.05, 4.69) is 26.4 Å². The van der Waals surface area contributed by atoms with Gasteiger partial charge in [0.2, 0.25) is 0 Å². The third-order valence-electron chi connectivity index (χ3n) is 5.59. The Morgan fingerprint density at radius 3 is 2.84 bits per heavy atom. The number of halogens is 1. The number of rotatable bonds is 3. The normalized spacial score (nSPS) is 18.2. The summed E-state index contributed by atoms with van der Waals surface area (Å²) < 4.78 is 15.8. The Bertz CT molecular complexity index is 960. The molecule has 0 bridgehead atoms. The molecule has 1 aliphatic heterocycles. The van der Waals surface area contributed by atoms with E-state index in [1.807, 2.05) is 19.4 Å². The highest BCUT2D eigenvalue weighted by Gasteiger charge is 2.47. The number of hydrogen-bond acceptors (Lipinski definition) is 4. The maximum Gasteiger partial charge on any atom is 0.181 e. The highest BCUT2D eigenvalue weighted by molar-refractivity contribution is 5.79. The van der Waals surface area contributed by atoms with Gasteiger partial charge in [-0.2, -0.15) is 0 Å². The highest BCUT2D eigenvalue weighted by Crippen LogP contribution is 2.53. The average Bonchev–Trinajstić information content (AvgIpc) is 3.05. The topological polar surface area (TPSA) is 46.0 Å². The van der Waals surface area contributed by atoms with Crippen LogP contribution in [0.4, 0.5) is 15.8 Å². The van der Waals surface area contributed by atoms with Crippen LogP contribution >= 0.6 is 0 Å². The van der Waals surface area contributed by atoms with Crippen LogP contribution in [0.25, 0.3) is 16.7 Å². The van der Waals surface area contributed by atoms with Crippen LogP contribution < -0.4 is 10.2 Å². The summed E-state index contributed by atoms with van der Waals surface area (Å²) in [6, 6.07) is 7.03. The first-order valence-corrected chi connectivity index (χ1v) is 8.74. The fourth-order valence-corrected chi connectivity index (χ4v) is 3.78. The van der Waals surface area contributed by atoms with E-state index in [0.29, 0.717) is 16.7 Å². The monoisotopic (exact) mass is 337 g/mol. The van der Waals surface area contributed by atoms with Crippen molar-refractivity contribution in [2.45, 2.75) is 19.3 Å². The van der Waals surface area contributed by atoms with Gasteiger partial charge in [0.15, 0.2) is 5.65 Å². The van der Waals surface area contributed by atoms with E-state index in [1.165, 1.54) is 25.3 Å². The van der Waals surface area contributed by atoms with Gasteiger partial charge in [-0.15, -0.1) is 5.10 Å². The van der Waals surface area contributed by atoms with Crippen molar-refractivity contribution in [1.82, 2.24) is 14.8 Å². The van der Waals surface area contributed by atoms with E-state index in [-0.39, 0.29) is 5.82 Å². The van der Waals surface area contributed by atoms with Crippen LogP contribution in [0.1, 0.15) is 19.3 Å². The second kappa shape index (κ2) is 5.18. The Hall–Kier alpha value is -2.63. The van der Waals surface area contributed by atoms with Crippen molar-refractivity contribution in [2.24, 2.45) is 5.41 Å². The SMILES string of the molecule is CNc1ccc(F)c(-n2cc3cc(N4CCC5(CC5)C4)cnc3n2)c1. The molecule has 5 rings (SSSR count). The first kappa shape index (κ1) is 14.7. The molecule has 2 aliphatic rings. The summed E-state index contributed by atoms with van der Waals surface area (Å²) in [5, 5.41) is 8.41. The van der Waals surface area contributed by atoms with E-state index in [4.69, 9.17) is 0 Å². The Balaban J connectivity index is 1.52. The zero-order chi connectivity index (χ0) is 17.0. The molecule has 5 nitrogen and oxygen atoms in total. The molecule has 6 heteroatoms. The van der Waals surface area contributed by atoms with Crippen LogP contribution in [0.15, 0.2) is 36.7 Å². The molecule has 1 spiro atoms. The molecule has 0 amide bonds. The molecule has 1 saturated heterocycles. The Morgan fingerprint density at radius 1 is 1.20 bits per heavy atom. The Kier molecular flexibility index (Phi) is 3.04. The van der Waals surface area contributed by atoms with Gasteiger partial charge in [-0.05, 0) is 48.9 Å². The molecule has 0 atom stereocenters. The second-order valence-corrected chi connectivity index (χ2v) is 7.27. The van der Waals surface area contributed by atoms with Gasteiger partial charge in [-0.25, -0.2) is 14.1 Å². The van der Waals surface area contributed by atoms with Crippen molar-refractivity contribution in [3.63, 3.8) is 0 Å². The zero-order valence-electron chi connectivity index (χ0n) is 14.2. The minimum absolute atomic E-state index is 0.303. The lowest BCUT2D eigenvalue weighted by Gasteiger charge is -2.17. The lowest BCUT2D eigenvalue weighted by Crippen LogP contribution is -2.19. The minimum atomic E-state index is -0.303. The van der Waals surface area contributed by atoms with Crippen LogP contribution in [0, 0.1) is 11.2 Å². The van der Waals surface area contributed by atoms with Crippen molar-refractivity contribution in [3.8, 4) is 5.69 Å². The zero-order valence-corrected chi connectivity index (χ0v) is 14.2. The highest BCUT2D eigenvalue weighted by atomic mass is 19.1. The summed E-state index contributed by atoms with van der Waals surface area (Å²) in [5.74, 6) is -0.303. The number of pyridine rings is 1. The number of nitrogens with one attached hydrogen (secondary N) is 1. The molecule has 0 unspecified atom stereocenters. The Labute approximate surface area is 145 Å². The average molecular weight is 337 g/mol. The van der Waals surface area contributed by atoms with E-state index in [9.17, 15) is 4.39 Å². The third kappa shape index (κ3) is 2.44. The van der Waals surface area contributed by atoms with Crippen molar-refractivity contribution < 1.29 is 4.39 Å². The summed E-state index contributed by atoms with van der Waals surface area (Å²) in [4.78, 5) is 6.92. The molecular weight excluding hydrogens is 317 g/mol. The first-order valence-electron chi connectivity index (χ1n) is 8.74. The fraction of sp³-hybridized carbons (Fsp3) is 0.368. The lowest BCUT2D eigenvalue weighted by atomic mass is 10.1. The van der Waals surface area contributed by atoms with Gasteiger partial charge in [-0.1, -0.05) is 0 Å². The molecule has 1 aromatic carbocycles. The van der Waals surface area contributed by atoms with Crippen LogP contribution in [-0.4, -0.2) is 34.9 Å². The molecule has 3 heterocycles. The predicted molar refractivity (Wildman–Crippen MR) is 96.9 cm³/mol. The summed E-state index contributed by atoms with van der Waals surface area (Å²) in [6.07, 6.45) is 7.75. The standard InChI is InChI=1S/C19H20FN5/c1-21-14-2-3-16(20)17(9-14)25-11-13-8-15(10-22-18(13)23-25)24-7-6-19(12-24)4-5-19/h2-3,8-11,21H,4-7,12H2,1H3. The Morgan fingerprint density at radius 2 is 2.08 bits per heavy atom. The molecule has 3 aromatic rings. The summed E-state index contributed by atoms with van der Waals surface area (Å²) >= 11 is 0. The minimum Gasteiger partial charge on any atom is -0.388 e. The van der Waals surface area contributed by atoms with Crippen LogP contribution in [-0.2, 0) is 0 Å². The molecule has 0 radical (unpaired) electrons. The van der Waals surface area contributed by atoms with Gasteiger partial charge in [0.1, 0.15) is 11.5 Å². The number of anilines is 2. The van der Waals surface area contributed by atoms with Crippen LogP contribution in [0.3, 0.4) is 0 Å². The van der Waals surface area contributed by atoms with Gasteiger partial charge in [0.25, 0.3) is 0 Å². The smallest absolute Gasteiger partial charge is 0.181 e. The number of hydrogen-bond donors (Lipinski definition) is 1. The van der Waals surface area contributed by atoms with Crippen LogP contribution in [0.5, 0.6) is 0 Å². The van der Waals surface area contributed by atoms with E-state index >= 15 is 0 Å². The maximum absolute atomic E-state index is 14.2. The van der Waals surface area contributed by atoms with E-state index < -0.39 is 0 Å². The van der Waals surface area contributed by atoms with Crippen LogP contribution in [0.2, 0.25) is 0 Å². The quantitative estimate of drug-likeness (QED) is 0.793. The summed E-state index contributed by atoms with van der Waals surface area (Å²) in [5.41, 5.74) is 3.62. The number of benzene rings is 1. The van der Waals surface area contributed by atoms with Crippen molar-refractivity contribution in [3.05, 3.63) is 42.5 Å². The van der Waals surface area contributed by atoms with Gasteiger partial charge in [-0.3, -0.25) is 0 Å². The third-order valence-corrected chi connectivity index (χ3v) is 5.59. The predicted octanol–water partition coefficient (Wildman–Crippen LogP) is 3.59. The fourth-order valence-electron chi connectivity index (χ4n) is 3.78. The second-order valence-electron chi connectivity index (χ2n) is 7.27. The number of nitrogens with zero attached hydrogens (tertiary/aromatic N) is 4. The van der Waals surface area contributed by atoms with Gasteiger partial charge in [0, 0.05) is 37.4 Å². The number of fused-ring (bicyclic) bond motifs is 1. The van der Waals surface area contributed by atoms with Crippen molar-refractivity contribution in [1.29, 1.82) is 0 Å². The molecule has 25 heavy (non-hydrogen) atoms. The number of aromatic nitrogens is 3. The van der Waals surface area contributed by atoms with Gasteiger partial charge < -0.3 is 10.2 Å². The van der Waals surface area contributed by atoms with E-state index in [1.54, 1.807) is 16.8 Å². The van der Waals surface area contributed by atoms with Gasteiger partial charge in [0.05, 0.1) is 11.9 Å². The van der Waals surface area contributed by atoms with Crippen molar-refractivity contribution >= 4 is 22.4 Å². The van der Waals surface area contributed by atoms with E-state index in [0.717, 1.165) is 29.9 Å². The summed E-state index contributed by atoms with van der Waals surface area (Å²) in [7, 11) is 1.81. The lowest BCUT2D eigenvalue weighted by molar-refractivity contribution is 0.581. The molecule has 2 fully saturated rings. The molecule has 1 N–H and O–H groups in total. The molecule has 1 aliphatic carbocycles. The maximum atomic E-state index is 14.2. The first-order chi connectivity index (χ1) is 12.2. The summed E-state index contributed by atoms with van der Waals surface area (Å²) in [6.45, 7) is 2.23. The van der Waals surface area contributed by atoms with Gasteiger partial charge >= 0.3 is 0 Å². The molecule has 1 saturated carbocycles.